The Hall–Kier alpha value is -2.44. The van der Waals surface area contributed by atoms with Crippen molar-refractivity contribution in [3.8, 4) is 11.4 Å². The molecule has 0 saturated carbocycles. The highest BCUT2D eigenvalue weighted by Crippen LogP contribution is 2.29. The van der Waals surface area contributed by atoms with Crippen LogP contribution >= 0.6 is 22.9 Å². The van der Waals surface area contributed by atoms with E-state index in [0.29, 0.717) is 5.02 Å². The lowest BCUT2D eigenvalue weighted by Gasteiger charge is -2.03. The second-order valence-corrected chi connectivity index (χ2v) is 5.96. The van der Waals surface area contributed by atoms with Gasteiger partial charge in [0.1, 0.15) is 0 Å². The Morgan fingerprint density at radius 1 is 0.955 bits per heavy atom. The summed E-state index contributed by atoms with van der Waals surface area (Å²) in [4.78, 5) is 0.730. The molecule has 5 nitrogen and oxygen atoms in total. The van der Waals surface area contributed by atoms with Gasteiger partial charge in [0.05, 0.1) is 10.7 Å². The Labute approximate surface area is 135 Å². The zero-order chi connectivity index (χ0) is 14.9. The molecule has 2 aromatic carbocycles. The number of para-hydroxylation sites is 1. The summed E-state index contributed by atoms with van der Waals surface area (Å²) in [6, 6.07) is 17.4. The molecule has 4 aromatic rings. The third-order valence-corrected chi connectivity index (χ3v) is 4.28. The molecule has 0 amide bonds. The predicted molar refractivity (Wildman–Crippen MR) is 88.8 cm³/mol. The van der Waals surface area contributed by atoms with Gasteiger partial charge in [-0.2, -0.15) is 4.52 Å². The van der Waals surface area contributed by atoms with Gasteiger partial charge in [-0.1, -0.05) is 65.4 Å². The molecule has 0 spiro atoms. The number of aromatic nitrogens is 4. The molecule has 0 aliphatic heterocycles. The third kappa shape index (κ3) is 2.32. The standard InChI is InChI=1S/C15H10ClN5S/c16-11-8-4-5-9-12(11)17-14-20-21-13(18-19-15(21)22-14)10-6-2-1-3-7-10/h1-9H,(H,17,20). The third-order valence-electron chi connectivity index (χ3n) is 3.14. The van der Waals surface area contributed by atoms with E-state index in [1.807, 2.05) is 54.6 Å². The molecule has 0 fully saturated rings. The lowest BCUT2D eigenvalue weighted by Crippen LogP contribution is -1.94. The number of halogens is 1. The first-order chi connectivity index (χ1) is 10.8. The van der Waals surface area contributed by atoms with Crippen LogP contribution in [0.15, 0.2) is 54.6 Å². The fraction of sp³-hybridized carbons (Fsp3) is 0. The summed E-state index contributed by atoms with van der Waals surface area (Å²) >= 11 is 7.58. The monoisotopic (exact) mass is 327 g/mol. The van der Waals surface area contributed by atoms with Crippen LogP contribution in [0.2, 0.25) is 5.02 Å². The van der Waals surface area contributed by atoms with E-state index in [-0.39, 0.29) is 0 Å². The molecule has 0 bridgehead atoms. The van der Waals surface area contributed by atoms with E-state index in [0.717, 1.165) is 27.2 Å². The Kier molecular flexibility index (Phi) is 3.25. The Bertz CT molecular complexity index is 931. The van der Waals surface area contributed by atoms with Crippen LogP contribution in [-0.4, -0.2) is 19.8 Å². The molecule has 1 N–H and O–H groups in total. The summed E-state index contributed by atoms with van der Waals surface area (Å²) in [7, 11) is 0. The molecule has 108 valence electrons. The number of hydrogen-bond donors (Lipinski definition) is 1. The predicted octanol–water partition coefficient (Wildman–Crippen LogP) is 4.25. The van der Waals surface area contributed by atoms with Crippen LogP contribution in [0.3, 0.4) is 0 Å². The number of rotatable bonds is 3. The van der Waals surface area contributed by atoms with Gasteiger partial charge in [0.2, 0.25) is 10.1 Å². The fourth-order valence-electron chi connectivity index (χ4n) is 2.11. The zero-order valence-electron chi connectivity index (χ0n) is 11.3. The van der Waals surface area contributed by atoms with Crippen molar-refractivity contribution in [3.63, 3.8) is 0 Å². The molecule has 0 aliphatic carbocycles. The molecule has 0 saturated heterocycles. The van der Waals surface area contributed by atoms with E-state index < -0.39 is 0 Å². The summed E-state index contributed by atoms with van der Waals surface area (Å²) in [5.41, 5.74) is 1.79. The molecule has 7 heteroatoms. The molecule has 0 aliphatic rings. The lowest BCUT2D eigenvalue weighted by atomic mass is 10.2. The minimum Gasteiger partial charge on any atom is -0.329 e. The van der Waals surface area contributed by atoms with Gasteiger partial charge < -0.3 is 5.32 Å². The highest BCUT2D eigenvalue weighted by molar-refractivity contribution is 7.20. The van der Waals surface area contributed by atoms with Crippen LogP contribution in [-0.2, 0) is 0 Å². The van der Waals surface area contributed by atoms with Gasteiger partial charge in [-0.3, -0.25) is 0 Å². The van der Waals surface area contributed by atoms with Crippen LogP contribution < -0.4 is 5.32 Å². The molecule has 0 unspecified atom stereocenters. The van der Waals surface area contributed by atoms with Crippen LogP contribution in [0, 0.1) is 0 Å². The largest absolute Gasteiger partial charge is 0.329 e. The summed E-state index contributed by atoms with van der Waals surface area (Å²) < 4.78 is 1.74. The first kappa shape index (κ1) is 13.2. The zero-order valence-corrected chi connectivity index (χ0v) is 12.8. The van der Waals surface area contributed by atoms with E-state index >= 15 is 0 Å². The van der Waals surface area contributed by atoms with Gasteiger partial charge in [-0.25, -0.2) is 0 Å². The van der Waals surface area contributed by atoms with Gasteiger partial charge in [0, 0.05) is 5.56 Å². The molecule has 0 atom stereocenters. The van der Waals surface area contributed by atoms with Crippen molar-refractivity contribution in [1.82, 2.24) is 19.8 Å². The average molecular weight is 328 g/mol. The van der Waals surface area contributed by atoms with E-state index in [9.17, 15) is 0 Å². The van der Waals surface area contributed by atoms with Crippen molar-refractivity contribution in [1.29, 1.82) is 0 Å². The summed E-state index contributed by atoms with van der Waals surface area (Å²) in [6.07, 6.45) is 0. The first-order valence-corrected chi connectivity index (χ1v) is 7.80. The van der Waals surface area contributed by atoms with E-state index in [1.54, 1.807) is 4.52 Å². The van der Waals surface area contributed by atoms with Crippen molar-refractivity contribution in [2.45, 2.75) is 0 Å². The van der Waals surface area contributed by atoms with Crippen molar-refractivity contribution in [2.24, 2.45) is 0 Å². The molecular weight excluding hydrogens is 318 g/mol. The topological polar surface area (TPSA) is 55.1 Å². The second kappa shape index (κ2) is 5.40. The molecular formula is C15H10ClN5S. The van der Waals surface area contributed by atoms with E-state index in [4.69, 9.17) is 11.6 Å². The normalized spacial score (nSPS) is 11.0. The lowest BCUT2D eigenvalue weighted by molar-refractivity contribution is 0.970. The molecule has 22 heavy (non-hydrogen) atoms. The average Bonchev–Trinajstić information content (AvgIpc) is 3.10. The maximum absolute atomic E-state index is 6.15. The summed E-state index contributed by atoms with van der Waals surface area (Å²) in [5.74, 6) is 0.721. The second-order valence-electron chi connectivity index (χ2n) is 4.60. The molecule has 2 heterocycles. The SMILES string of the molecule is Clc1ccccc1Nc1nn2c(-c3ccccc3)nnc2s1. The van der Waals surface area contributed by atoms with Gasteiger partial charge in [-0.05, 0) is 12.1 Å². The van der Waals surface area contributed by atoms with E-state index in [2.05, 4.69) is 20.6 Å². The maximum Gasteiger partial charge on any atom is 0.236 e. The Morgan fingerprint density at radius 3 is 2.55 bits per heavy atom. The van der Waals surface area contributed by atoms with Gasteiger partial charge in [0.25, 0.3) is 0 Å². The van der Waals surface area contributed by atoms with Crippen LogP contribution in [0.25, 0.3) is 16.3 Å². The molecule has 2 aromatic heterocycles. The van der Waals surface area contributed by atoms with Gasteiger partial charge in [0.15, 0.2) is 5.82 Å². The smallest absolute Gasteiger partial charge is 0.236 e. The highest BCUT2D eigenvalue weighted by Gasteiger charge is 2.13. The van der Waals surface area contributed by atoms with Crippen molar-refractivity contribution in [3.05, 3.63) is 59.6 Å². The number of benzene rings is 2. The van der Waals surface area contributed by atoms with Crippen molar-refractivity contribution in [2.75, 3.05) is 5.32 Å². The fourth-order valence-corrected chi connectivity index (χ4v) is 3.05. The number of anilines is 2. The van der Waals surface area contributed by atoms with Crippen LogP contribution in [0.5, 0.6) is 0 Å². The van der Waals surface area contributed by atoms with Crippen molar-refractivity contribution < 1.29 is 0 Å². The van der Waals surface area contributed by atoms with Crippen LogP contribution in [0.1, 0.15) is 0 Å². The molecule has 0 radical (unpaired) electrons. The maximum atomic E-state index is 6.15. The minimum absolute atomic E-state index is 0.650. The highest BCUT2D eigenvalue weighted by atomic mass is 35.5. The minimum atomic E-state index is 0.650. The van der Waals surface area contributed by atoms with Crippen molar-refractivity contribution >= 4 is 38.7 Å². The number of hydrogen-bond acceptors (Lipinski definition) is 5. The first-order valence-electron chi connectivity index (χ1n) is 6.60. The Morgan fingerprint density at radius 2 is 1.73 bits per heavy atom. The summed E-state index contributed by atoms with van der Waals surface area (Å²) in [5, 5.41) is 17.5. The Balaban J connectivity index is 1.73. The van der Waals surface area contributed by atoms with Crippen LogP contribution in [0.4, 0.5) is 10.8 Å². The number of nitrogens with one attached hydrogen (secondary N) is 1. The quantitative estimate of drug-likeness (QED) is 0.611. The van der Waals surface area contributed by atoms with Gasteiger partial charge >= 0.3 is 0 Å². The molecule has 4 rings (SSSR count). The number of fused-ring (bicyclic) bond motifs is 1. The van der Waals surface area contributed by atoms with E-state index in [1.165, 1.54) is 11.3 Å². The summed E-state index contributed by atoms with van der Waals surface area (Å²) in [6.45, 7) is 0. The van der Waals surface area contributed by atoms with Gasteiger partial charge in [-0.15, -0.1) is 15.3 Å². The number of nitrogens with zero attached hydrogens (tertiary/aromatic N) is 4.